The summed E-state index contributed by atoms with van der Waals surface area (Å²) < 4.78 is 5.41. The normalized spacial score (nSPS) is 16.4. The van der Waals surface area contributed by atoms with Gasteiger partial charge in [-0.3, -0.25) is 9.78 Å². The molecule has 26 heavy (non-hydrogen) atoms. The Labute approximate surface area is 152 Å². The van der Waals surface area contributed by atoms with Crippen LogP contribution in [0.2, 0.25) is 0 Å². The Morgan fingerprint density at radius 3 is 2.81 bits per heavy atom. The van der Waals surface area contributed by atoms with Gasteiger partial charge in [0.2, 0.25) is 5.91 Å². The molecular weight excluding hydrogens is 332 g/mol. The van der Waals surface area contributed by atoms with E-state index < -0.39 is 0 Å². The highest BCUT2D eigenvalue weighted by molar-refractivity contribution is 5.96. The van der Waals surface area contributed by atoms with Crippen molar-refractivity contribution in [2.45, 2.75) is 25.9 Å². The number of urea groups is 1. The lowest BCUT2D eigenvalue weighted by atomic mass is 10.2. The van der Waals surface area contributed by atoms with E-state index in [1.54, 1.807) is 17.3 Å². The van der Waals surface area contributed by atoms with Crippen molar-refractivity contribution in [2.75, 3.05) is 18.1 Å². The largest absolute Gasteiger partial charge is 0.494 e. The van der Waals surface area contributed by atoms with E-state index >= 15 is 0 Å². The summed E-state index contributed by atoms with van der Waals surface area (Å²) in [6.45, 7) is 3.37. The van der Waals surface area contributed by atoms with Gasteiger partial charge in [-0.15, -0.1) is 0 Å². The second-order valence-electron chi connectivity index (χ2n) is 6.02. The van der Waals surface area contributed by atoms with Gasteiger partial charge in [0.1, 0.15) is 5.75 Å². The molecule has 2 heterocycles. The van der Waals surface area contributed by atoms with Gasteiger partial charge in [0.25, 0.3) is 0 Å². The fourth-order valence-corrected chi connectivity index (χ4v) is 2.86. The molecule has 136 valence electrons. The molecule has 2 N–H and O–H groups in total. The molecule has 1 aromatic carbocycles. The van der Waals surface area contributed by atoms with E-state index in [0.717, 1.165) is 17.0 Å². The number of rotatable bonds is 6. The summed E-state index contributed by atoms with van der Waals surface area (Å²) in [7, 11) is 0. The van der Waals surface area contributed by atoms with Crippen molar-refractivity contribution < 1.29 is 14.3 Å². The second-order valence-corrected chi connectivity index (χ2v) is 6.02. The van der Waals surface area contributed by atoms with Gasteiger partial charge in [0, 0.05) is 37.6 Å². The number of hydrogen-bond donors (Lipinski definition) is 2. The number of nitrogens with zero attached hydrogens (tertiary/aromatic N) is 2. The first kappa shape index (κ1) is 17.7. The number of carbonyl (C=O) groups excluding carboxylic acids is 2. The molecule has 7 nitrogen and oxygen atoms in total. The summed E-state index contributed by atoms with van der Waals surface area (Å²) in [5.74, 6) is 0.763. The van der Waals surface area contributed by atoms with Gasteiger partial charge in [-0.1, -0.05) is 6.07 Å². The Morgan fingerprint density at radius 2 is 2.12 bits per heavy atom. The maximum Gasteiger partial charge on any atom is 0.315 e. The quantitative estimate of drug-likeness (QED) is 0.832. The summed E-state index contributed by atoms with van der Waals surface area (Å²) >= 11 is 0. The van der Waals surface area contributed by atoms with Crippen molar-refractivity contribution in [2.24, 2.45) is 0 Å². The first-order chi connectivity index (χ1) is 12.7. The van der Waals surface area contributed by atoms with Crippen LogP contribution in [-0.2, 0) is 11.3 Å². The number of nitrogens with one attached hydrogen (secondary N) is 2. The topological polar surface area (TPSA) is 83.6 Å². The van der Waals surface area contributed by atoms with E-state index in [1.165, 1.54) is 0 Å². The number of anilines is 1. The third-order valence-electron chi connectivity index (χ3n) is 4.10. The van der Waals surface area contributed by atoms with Crippen LogP contribution in [0.1, 0.15) is 18.9 Å². The van der Waals surface area contributed by atoms with Gasteiger partial charge >= 0.3 is 6.03 Å². The molecule has 0 bridgehead atoms. The summed E-state index contributed by atoms with van der Waals surface area (Å²) in [5, 5.41) is 5.63. The molecule has 3 rings (SSSR count). The minimum absolute atomic E-state index is 0.00767. The Hall–Kier alpha value is -3.09. The van der Waals surface area contributed by atoms with Crippen LogP contribution in [0.15, 0.2) is 48.8 Å². The predicted molar refractivity (Wildman–Crippen MR) is 98.0 cm³/mol. The SMILES string of the molecule is CCOc1ccc(N2CC(NC(=O)NCc3cccnc3)CC2=O)cc1. The fraction of sp³-hybridized carbons (Fsp3) is 0.316. The molecule has 0 aliphatic carbocycles. The average Bonchev–Trinajstić information content (AvgIpc) is 3.02. The molecule has 1 aromatic heterocycles. The van der Waals surface area contributed by atoms with E-state index in [9.17, 15) is 9.59 Å². The molecule has 1 aliphatic heterocycles. The van der Waals surface area contributed by atoms with E-state index in [0.29, 0.717) is 19.7 Å². The zero-order valence-electron chi connectivity index (χ0n) is 14.6. The molecule has 0 saturated carbocycles. The van der Waals surface area contributed by atoms with Gasteiger partial charge in [-0.05, 0) is 42.8 Å². The standard InChI is InChI=1S/C19H22N4O3/c1-2-26-17-7-5-16(6-8-17)23-13-15(10-18(23)24)22-19(25)21-12-14-4-3-9-20-11-14/h3-9,11,15H,2,10,12-13H2,1H3,(H2,21,22,25). The van der Waals surface area contributed by atoms with E-state index in [1.807, 2.05) is 43.3 Å². The molecule has 1 saturated heterocycles. The van der Waals surface area contributed by atoms with Crippen molar-refractivity contribution in [3.05, 3.63) is 54.4 Å². The third kappa shape index (κ3) is 4.50. The third-order valence-corrected chi connectivity index (χ3v) is 4.10. The molecule has 0 spiro atoms. The van der Waals surface area contributed by atoms with Crippen molar-refractivity contribution in [3.8, 4) is 5.75 Å². The fourth-order valence-electron chi connectivity index (χ4n) is 2.86. The summed E-state index contributed by atoms with van der Waals surface area (Å²) in [5.41, 5.74) is 1.72. The van der Waals surface area contributed by atoms with Gasteiger partial charge in [0.15, 0.2) is 0 Å². The number of ether oxygens (including phenoxy) is 1. The number of carbonyl (C=O) groups is 2. The van der Waals surface area contributed by atoms with Crippen LogP contribution >= 0.6 is 0 Å². The first-order valence-corrected chi connectivity index (χ1v) is 8.62. The molecule has 7 heteroatoms. The monoisotopic (exact) mass is 354 g/mol. The van der Waals surface area contributed by atoms with Crippen LogP contribution in [0, 0.1) is 0 Å². The molecular formula is C19H22N4O3. The second kappa shape index (κ2) is 8.33. The first-order valence-electron chi connectivity index (χ1n) is 8.62. The van der Waals surface area contributed by atoms with Gasteiger partial charge in [-0.2, -0.15) is 0 Å². The van der Waals surface area contributed by atoms with E-state index in [4.69, 9.17) is 4.74 Å². The van der Waals surface area contributed by atoms with Crippen LogP contribution in [0.25, 0.3) is 0 Å². The summed E-state index contributed by atoms with van der Waals surface area (Å²) in [6.07, 6.45) is 3.67. The number of benzene rings is 1. The van der Waals surface area contributed by atoms with Crippen molar-refractivity contribution >= 4 is 17.6 Å². The van der Waals surface area contributed by atoms with Crippen LogP contribution in [0.5, 0.6) is 5.75 Å². The Bertz CT molecular complexity index is 749. The molecule has 2 aromatic rings. The number of pyridine rings is 1. The Kier molecular flexibility index (Phi) is 5.68. The molecule has 1 unspecified atom stereocenters. The zero-order valence-corrected chi connectivity index (χ0v) is 14.6. The minimum atomic E-state index is -0.291. The molecule has 3 amide bonds. The predicted octanol–water partition coefficient (Wildman–Crippen LogP) is 2.08. The number of aromatic nitrogens is 1. The van der Waals surface area contributed by atoms with Crippen LogP contribution in [0.3, 0.4) is 0 Å². The highest BCUT2D eigenvalue weighted by Crippen LogP contribution is 2.24. The van der Waals surface area contributed by atoms with E-state index in [2.05, 4.69) is 15.6 Å². The lowest BCUT2D eigenvalue weighted by Gasteiger charge is -2.18. The van der Waals surface area contributed by atoms with Crippen molar-refractivity contribution in [3.63, 3.8) is 0 Å². The highest BCUT2D eigenvalue weighted by atomic mass is 16.5. The van der Waals surface area contributed by atoms with Crippen LogP contribution in [-0.4, -0.2) is 36.1 Å². The molecule has 1 atom stereocenters. The lowest BCUT2D eigenvalue weighted by molar-refractivity contribution is -0.117. The van der Waals surface area contributed by atoms with Gasteiger partial charge in [0.05, 0.1) is 12.6 Å². The summed E-state index contributed by atoms with van der Waals surface area (Å²) in [4.78, 5) is 30.0. The van der Waals surface area contributed by atoms with Crippen molar-refractivity contribution in [1.29, 1.82) is 0 Å². The number of hydrogen-bond acceptors (Lipinski definition) is 4. The van der Waals surface area contributed by atoms with E-state index in [-0.39, 0.29) is 24.4 Å². The molecule has 1 fully saturated rings. The maximum atomic E-state index is 12.3. The highest BCUT2D eigenvalue weighted by Gasteiger charge is 2.31. The molecule has 1 aliphatic rings. The van der Waals surface area contributed by atoms with Gasteiger partial charge < -0.3 is 20.3 Å². The average molecular weight is 354 g/mol. The van der Waals surface area contributed by atoms with Crippen molar-refractivity contribution in [1.82, 2.24) is 15.6 Å². The number of amides is 3. The van der Waals surface area contributed by atoms with Crippen LogP contribution < -0.4 is 20.3 Å². The van der Waals surface area contributed by atoms with Crippen LogP contribution in [0.4, 0.5) is 10.5 Å². The minimum Gasteiger partial charge on any atom is -0.494 e. The zero-order chi connectivity index (χ0) is 18.4. The Balaban J connectivity index is 1.51. The lowest BCUT2D eigenvalue weighted by Crippen LogP contribution is -2.43. The Morgan fingerprint density at radius 1 is 1.31 bits per heavy atom. The molecule has 0 radical (unpaired) electrons. The summed E-state index contributed by atoms with van der Waals surface area (Å²) in [6, 6.07) is 10.6. The smallest absolute Gasteiger partial charge is 0.315 e. The van der Waals surface area contributed by atoms with Gasteiger partial charge in [-0.25, -0.2) is 4.79 Å². The maximum absolute atomic E-state index is 12.3.